The summed E-state index contributed by atoms with van der Waals surface area (Å²) in [5.74, 6) is -1.29. The summed E-state index contributed by atoms with van der Waals surface area (Å²) in [5.41, 5.74) is 0.379. The first-order valence-electron chi connectivity index (χ1n) is 10.5. The molecule has 1 atom stereocenters. The van der Waals surface area contributed by atoms with Crippen molar-refractivity contribution in [3.8, 4) is 11.8 Å². The first-order chi connectivity index (χ1) is 17.1. The van der Waals surface area contributed by atoms with Crippen LogP contribution in [0, 0.1) is 11.3 Å². The van der Waals surface area contributed by atoms with E-state index < -0.39 is 24.2 Å². The van der Waals surface area contributed by atoms with Gasteiger partial charge in [-0.1, -0.05) is 28.7 Å². The molecule has 1 amide bonds. The molecule has 1 aromatic carbocycles. The van der Waals surface area contributed by atoms with Crippen LogP contribution >= 0.6 is 11.3 Å². The zero-order chi connectivity index (χ0) is 26.1. The predicted molar refractivity (Wildman–Crippen MR) is 118 cm³/mol. The number of ether oxygens (including phenoxy) is 1. The quantitative estimate of drug-likeness (QED) is 0.280. The largest absolute Gasteiger partial charge is 0.573 e. The first-order valence-corrected chi connectivity index (χ1v) is 11.3. The number of amides is 1. The van der Waals surface area contributed by atoms with E-state index in [4.69, 9.17) is 5.26 Å². The fourth-order valence-corrected chi connectivity index (χ4v) is 3.77. The molecular formula is C21H19F4N7O3S. The van der Waals surface area contributed by atoms with Crippen molar-refractivity contribution in [1.82, 2.24) is 25.2 Å². The number of nitrogens with zero attached hydrogens (tertiary/aromatic N) is 6. The average molecular weight is 525 g/mol. The summed E-state index contributed by atoms with van der Waals surface area (Å²) in [6.07, 6.45) is -4.65. The van der Waals surface area contributed by atoms with Gasteiger partial charge in [-0.25, -0.2) is 9.07 Å². The molecule has 190 valence electrons. The first kappa shape index (κ1) is 26.7. The lowest BCUT2D eigenvalue weighted by Gasteiger charge is -2.09. The third-order valence-electron chi connectivity index (χ3n) is 4.55. The second-order valence-electron chi connectivity index (χ2n) is 7.46. The molecule has 0 saturated heterocycles. The minimum Gasteiger partial charge on any atom is -0.406 e. The summed E-state index contributed by atoms with van der Waals surface area (Å²) in [4.78, 5) is 24.0. The minimum atomic E-state index is -4.84. The number of hydrogen-bond donors (Lipinski definition) is 1. The number of nitrogens with one attached hydrogen (secondary N) is 1. The summed E-state index contributed by atoms with van der Waals surface area (Å²) in [6, 6.07) is 6.92. The molecule has 0 bridgehead atoms. The van der Waals surface area contributed by atoms with Crippen molar-refractivity contribution in [2.75, 3.05) is 5.32 Å². The van der Waals surface area contributed by atoms with Crippen LogP contribution in [0.1, 0.15) is 40.3 Å². The Labute approximate surface area is 205 Å². The summed E-state index contributed by atoms with van der Waals surface area (Å²) < 4.78 is 56.5. The second-order valence-corrected chi connectivity index (χ2v) is 8.53. The Hall–Kier alpha value is -3.93. The molecule has 36 heavy (non-hydrogen) atoms. The predicted octanol–water partition coefficient (Wildman–Crippen LogP) is 3.67. The summed E-state index contributed by atoms with van der Waals surface area (Å²) in [5, 5.41) is 26.8. The second kappa shape index (κ2) is 12.2. The third kappa shape index (κ3) is 8.69. The van der Waals surface area contributed by atoms with Crippen LogP contribution in [0.2, 0.25) is 0 Å². The van der Waals surface area contributed by atoms with E-state index in [1.807, 2.05) is 6.07 Å². The molecule has 0 aliphatic rings. The van der Waals surface area contributed by atoms with Crippen molar-refractivity contribution in [3.05, 3.63) is 46.7 Å². The molecule has 2 heterocycles. The molecule has 0 aliphatic heterocycles. The highest BCUT2D eigenvalue weighted by Crippen LogP contribution is 2.24. The lowest BCUT2D eigenvalue weighted by molar-refractivity contribution is -0.274. The van der Waals surface area contributed by atoms with Gasteiger partial charge in [-0.15, -0.1) is 28.5 Å². The van der Waals surface area contributed by atoms with Crippen molar-refractivity contribution in [2.45, 2.75) is 51.2 Å². The Balaban J connectivity index is 1.44. The maximum Gasteiger partial charge on any atom is 0.573 e. The van der Waals surface area contributed by atoms with E-state index in [2.05, 4.69) is 30.6 Å². The molecule has 15 heteroatoms. The lowest BCUT2D eigenvalue weighted by atomic mass is 10.1. The summed E-state index contributed by atoms with van der Waals surface area (Å²) in [7, 11) is 0. The number of rotatable bonds is 12. The molecule has 3 aromatic rings. The number of hydrogen-bond acceptors (Lipinski definition) is 9. The van der Waals surface area contributed by atoms with Crippen molar-refractivity contribution in [1.29, 1.82) is 5.26 Å². The number of aryl methyl sites for hydroxylation is 1. The van der Waals surface area contributed by atoms with Crippen LogP contribution in [0.25, 0.3) is 0 Å². The fraction of sp³-hybridized carbons (Fsp3) is 0.381. The molecular weight excluding hydrogens is 506 g/mol. The van der Waals surface area contributed by atoms with Gasteiger partial charge in [-0.3, -0.25) is 9.59 Å². The fourth-order valence-electron chi connectivity index (χ4n) is 2.99. The highest BCUT2D eigenvalue weighted by molar-refractivity contribution is 7.15. The van der Waals surface area contributed by atoms with E-state index in [9.17, 15) is 27.2 Å². The van der Waals surface area contributed by atoms with E-state index in [1.54, 1.807) is 0 Å². The van der Waals surface area contributed by atoms with Gasteiger partial charge in [-0.2, -0.15) is 5.26 Å². The van der Waals surface area contributed by atoms with E-state index in [0.29, 0.717) is 10.6 Å². The number of aromatic nitrogens is 5. The van der Waals surface area contributed by atoms with Gasteiger partial charge < -0.3 is 10.1 Å². The molecule has 0 aliphatic carbocycles. The van der Waals surface area contributed by atoms with Gasteiger partial charge in [0, 0.05) is 19.3 Å². The third-order valence-corrected chi connectivity index (χ3v) is 5.45. The van der Waals surface area contributed by atoms with Gasteiger partial charge in [0.15, 0.2) is 5.78 Å². The van der Waals surface area contributed by atoms with Crippen molar-refractivity contribution >= 4 is 28.2 Å². The van der Waals surface area contributed by atoms with E-state index in [0.717, 1.165) is 23.5 Å². The average Bonchev–Trinajstić information content (AvgIpc) is 3.44. The number of anilines is 1. The van der Waals surface area contributed by atoms with Crippen LogP contribution in [-0.4, -0.2) is 49.4 Å². The number of carbonyl (C=O) groups is 2. The number of nitriles is 1. The van der Waals surface area contributed by atoms with Crippen LogP contribution in [0.5, 0.6) is 5.75 Å². The molecule has 2 aromatic heterocycles. The Morgan fingerprint density at radius 2 is 2.06 bits per heavy atom. The van der Waals surface area contributed by atoms with E-state index in [1.165, 1.54) is 23.0 Å². The topological polar surface area (TPSA) is 136 Å². The molecule has 0 saturated carbocycles. The van der Waals surface area contributed by atoms with Crippen LogP contribution in [0.4, 0.5) is 22.7 Å². The zero-order valence-corrected chi connectivity index (χ0v) is 19.4. The number of Topliss-reactive ketones (excluding diaryl/α,β-unsaturated/α-hetero) is 1. The van der Waals surface area contributed by atoms with Crippen LogP contribution in [-0.2, 0) is 24.2 Å². The molecule has 0 radical (unpaired) electrons. The molecule has 0 fully saturated rings. The van der Waals surface area contributed by atoms with Gasteiger partial charge in [0.2, 0.25) is 11.0 Å². The summed E-state index contributed by atoms with van der Waals surface area (Å²) >= 11 is 1.05. The number of alkyl halides is 4. The monoisotopic (exact) mass is 525 g/mol. The SMILES string of the molecule is N#CCCC(=O)c1cn(CC(F)CCc2nnc(NC(=O)Cc3cccc(OC(F)(F)F)c3)s2)nn1. The maximum absolute atomic E-state index is 14.4. The molecule has 10 nitrogen and oxygen atoms in total. The highest BCUT2D eigenvalue weighted by Gasteiger charge is 2.31. The van der Waals surface area contributed by atoms with Gasteiger partial charge in [-0.05, 0) is 24.1 Å². The highest BCUT2D eigenvalue weighted by atomic mass is 32.1. The summed E-state index contributed by atoms with van der Waals surface area (Å²) in [6.45, 7) is -0.127. The lowest BCUT2D eigenvalue weighted by Crippen LogP contribution is -2.17. The smallest absolute Gasteiger partial charge is 0.406 e. The normalized spacial score (nSPS) is 12.1. The Morgan fingerprint density at radius 1 is 1.25 bits per heavy atom. The van der Waals surface area contributed by atoms with Crippen LogP contribution in [0.15, 0.2) is 30.5 Å². The molecule has 1 unspecified atom stereocenters. The van der Waals surface area contributed by atoms with Gasteiger partial charge >= 0.3 is 6.36 Å². The van der Waals surface area contributed by atoms with Gasteiger partial charge in [0.1, 0.15) is 22.6 Å². The standard InChI is InChI=1S/C21H19F4N7O3S/c22-14(11-32-12-16(28-31-32)17(33)5-2-8-26)6-7-19-29-30-20(36-19)27-18(34)10-13-3-1-4-15(9-13)35-21(23,24)25/h1,3-4,9,12,14H,2,5-7,10-11H2,(H,27,30,34). The Bertz CT molecular complexity index is 1240. The van der Waals surface area contributed by atoms with E-state index >= 15 is 0 Å². The van der Waals surface area contributed by atoms with Gasteiger partial charge in [0.05, 0.1) is 25.2 Å². The van der Waals surface area contributed by atoms with Crippen molar-refractivity contribution in [2.24, 2.45) is 0 Å². The number of benzene rings is 1. The zero-order valence-electron chi connectivity index (χ0n) is 18.5. The van der Waals surface area contributed by atoms with Crippen molar-refractivity contribution < 1.29 is 31.9 Å². The molecule has 1 N–H and O–H groups in total. The maximum atomic E-state index is 14.4. The number of carbonyl (C=O) groups excluding carboxylic acids is 2. The van der Waals surface area contributed by atoms with Crippen LogP contribution in [0.3, 0.4) is 0 Å². The van der Waals surface area contributed by atoms with Crippen molar-refractivity contribution in [3.63, 3.8) is 0 Å². The van der Waals surface area contributed by atoms with E-state index in [-0.39, 0.29) is 55.3 Å². The number of ketones is 1. The van der Waals surface area contributed by atoms with Gasteiger partial charge in [0.25, 0.3) is 0 Å². The van der Waals surface area contributed by atoms with Crippen LogP contribution < -0.4 is 10.1 Å². The minimum absolute atomic E-state index is 0.0169. The number of halogens is 4. The Kier molecular flexibility index (Phi) is 9.01. The Morgan fingerprint density at radius 3 is 2.81 bits per heavy atom. The molecule has 0 spiro atoms. The molecule has 3 rings (SSSR count).